The normalized spacial score (nSPS) is 13.4. The van der Waals surface area contributed by atoms with Crippen LogP contribution in [0.2, 0.25) is 11.9 Å². The maximum absolute atomic E-state index is 9.83. The molecule has 0 aliphatic rings. The Kier molecular flexibility index (Phi) is 7.86. The van der Waals surface area contributed by atoms with Crippen LogP contribution < -0.4 is 15.6 Å². The topological polar surface area (TPSA) is 64.2 Å². The van der Waals surface area contributed by atoms with E-state index < -0.39 is 21.1 Å². The van der Waals surface area contributed by atoms with E-state index in [-0.39, 0.29) is 11.9 Å². The van der Waals surface area contributed by atoms with Crippen LogP contribution in [0, 0.1) is 23.2 Å². The molecule has 3 nitrogen and oxygen atoms in total. The molecule has 0 amide bonds. The summed E-state index contributed by atoms with van der Waals surface area (Å²) < 4.78 is 0. The number of benzene rings is 3. The lowest BCUT2D eigenvalue weighted by atomic mass is 9.76. The predicted molar refractivity (Wildman–Crippen MR) is 131 cm³/mol. The van der Waals surface area contributed by atoms with Crippen molar-refractivity contribution in [2.24, 2.45) is 11.8 Å². The Morgan fingerprint density at radius 2 is 1.16 bits per heavy atom. The Morgan fingerprint density at radius 1 is 0.774 bits per heavy atom. The molecule has 2 N–H and O–H groups in total. The first-order valence-electron chi connectivity index (χ1n) is 10.9. The average Bonchev–Trinajstić information content (AvgIpc) is 2.80. The molecule has 5 heteroatoms. The van der Waals surface area contributed by atoms with Crippen molar-refractivity contribution in [2.75, 3.05) is 0 Å². The molecule has 2 atom stereocenters. The highest BCUT2D eigenvalue weighted by Gasteiger charge is 2.48. The first-order chi connectivity index (χ1) is 15.0. The van der Waals surface area contributed by atoms with Crippen LogP contribution in [0.5, 0.6) is 0 Å². The van der Waals surface area contributed by atoms with Crippen LogP contribution in [-0.4, -0.2) is 25.2 Å². The van der Waals surface area contributed by atoms with Gasteiger partial charge in [0.25, 0.3) is 0 Å². The molecule has 3 aromatic rings. The standard InChI is InChI=1S/C26H30BNO2Si/c1-21(2)26(18-22(20-28)19-27(29)30)31(23-12-6-3-7-13-23,24-14-8-4-9-15-24)25-16-10-5-11-17-25/h3-17,21-22,26,29-30H,18-19H2,1-2H3. The second-order valence-electron chi connectivity index (χ2n) is 8.53. The van der Waals surface area contributed by atoms with Crippen molar-refractivity contribution in [3.05, 3.63) is 91.0 Å². The first kappa shape index (κ1) is 23.0. The van der Waals surface area contributed by atoms with Crippen LogP contribution in [0.3, 0.4) is 0 Å². The number of nitriles is 1. The van der Waals surface area contributed by atoms with Gasteiger partial charge in [-0.15, -0.1) is 0 Å². The van der Waals surface area contributed by atoms with Crippen LogP contribution >= 0.6 is 0 Å². The molecule has 0 spiro atoms. The molecule has 0 saturated heterocycles. The van der Waals surface area contributed by atoms with E-state index in [9.17, 15) is 15.3 Å². The molecule has 0 aliphatic heterocycles. The van der Waals surface area contributed by atoms with Crippen molar-refractivity contribution >= 4 is 30.8 Å². The van der Waals surface area contributed by atoms with E-state index in [1.54, 1.807) is 0 Å². The monoisotopic (exact) mass is 427 g/mol. The summed E-state index contributed by atoms with van der Waals surface area (Å²) in [5, 5.41) is 32.9. The second-order valence-corrected chi connectivity index (χ2v) is 12.6. The third-order valence-electron chi connectivity index (χ3n) is 6.26. The Balaban J connectivity index is 2.31. The zero-order valence-corrected chi connectivity index (χ0v) is 19.2. The maximum atomic E-state index is 9.83. The summed E-state index contributed by atoms with van der Waals surface area (Å²) >= 11 is 0. The lowest BCUT2D eigenvalue weighted by Gasteiger charge is -2.43. The van der Waals surface area contributed by atoms with Gasteiger partial charge >= 0.3 is 7.12 Å². The van der Waals surface area contributed by atoms with E-state index in [2.05, 4.69) is 92.7 Å². The Hall–Kier alpha value is -2.65. The second kappa shape index (κ2) is 10.6. The number of hydrogen-bond acceptors (Lipinski definition) is 3. The summed E-state index contributed by atoms with van der Waals surface area (Å²) in [4.78, 5) is 0. The molecule has 0 bridgehead atoms. The molecule has 3 rings (SSSR count). The minimum Gasteiger partial charge on any atom is -0.427 e. The summed E-state index contributed by atoms with van der Waals surface area (Å²) in [6.45, 7) is 4.45. The highest BCUT2D eigenvalue weighted by atomic mass is 28.3. The molecule has 0 saturated carbocycles. The van der Waals surface area contributed by atoms with E-state index in [0.29, 0.717) is 12.3 Å². The molecule has 2 unspecified atom stereocenters. The Morgan fingerprint density at radius 3 is 1.45 bits per heavy atom. The molecule has 0 fully saturated rings. The fourth-order valence-corrected chi connectivity index (χ4v) is 11.0. The smallest absolute Gasteiger partial charge is 0.427 e. The minimum absolute atomic E-state index is 0.0720. The number of hydrogen-bond donors (Lipinski definition) is 2. The van der Waals surface area contributed by atoms with Gasteiger partial charge in [-0.3, -0.25) is 0 Å². The van der Waals surface area contributed by atoms with Gasteiger partial charge in [-0.1, -0.05) is 105 Å². The molecule has 0 aromatic heterocycles. The minimum atomic E-state index is -2.56. The van der Waals surface area contributed by atoms with Gasteiger partial charge < -0.3 is 10.0 Å². The summed E-state index contributed by atoms with van der Waals surface area (Å²) in [6.07, 6.45) is 0.694. The van der Waals surface area contributed by atoms with Gasteiger partial charge in [0.2, 0.25) is 0 Å². The molecular formula is C26H30BNO2Si. The van der Waals surface area contributed by atoms with E-state index >= 15 is 0 Å². The van der Waals surface area contributed by atoms with E-state index in [4.69, 9.17) is 0 Å². The van der Waals surface area contributed by atoms with Crippen LogP contribution in [0.4, 0.5) is 0 Å². The summed E-state index contributed by atoms with van der Waals surface area (Å²) in [5.41, 5.74) is 0.197. The van der Waals surface area contributed by atoms with Gasteiger partial charge in [-0.05, 0) is 39.8 Å². The predicted octanol–water partition coefficient (Wildman–Crippen LogP) is 3.19. The van der Waals surface area contributed by atoms with Crippen LogP contribution in [0.1, 0.15) is 20.3 Å². The van der Waals surface area contributed by atoms with Gasteiger partial charge in [0.15, 0.2) is 8.07 Å². The third kappa shape index (κ3) is 4.99. The zero-order chi connectivity index (χ0) is 22.3. The van der Waals surface area contributed by atoms with Crippen molar-refractivity contribution in [1.29, 1.82) is 5.26 Å². The van der Waals surface area contributed by atoms with Crippen molar-refractivity contribution in [3.63, 3.8) is 0 Å². The molecule has 0 heterocycles. The lowest BCUT2D eigenvalue weighted by Crippen LogP contribution is -2.70. The van der Waals surface area contributed by atoms with Crippen LogP contribution in [-0.2, 0) is 0 Å². The fourth-order valence-electron chi connectivity index (χ4n) is 4.96. The highest BCUT2D eigenvalue weighted by molar-refractivity contribution is 7.12. The van der Waals surface area contributed by atoms with E-state index in [0.717, 1.165) is 0 Å². The van der Waals surface area contributed by atoms with Gasteiger partial charge in [-0.2, -0.15) is 5.26 Å². The third-order valence-corrected chi connectivity index (χ3v) is 12.0. The van der Waals surface area contributed by atoms with Gasteiger partial charge in [0.05, 0.1) is 6.07 Å². The SMILES string of the molecule is CC(C)C(CC(C#N)CB(O)O)[Si](c1ccccc1)(c1ccccc1)c1ccccc1. The average molecular weight is 427 g/mol. The zero-order valence-electron chi connectivity index (χ0n) is 18.2. The number of nitrogens with zero attached hydrogens (tertiary/aromatic N) is 1. The molecule has 3 aromatic carbocycles. The van der Waals surface area contributed by atoms with E-state index in [1.165, 1.54) is 15.6 Å². The van der Waals surface area contributed by atoms with Crippen molar-refractivity contribution in [2.45, 2.75) is 32.1 Å². The Labute approximate surface area is 187 Å². The molecular weight excluding hydrogens is 397 g/mol. The summed E-state index contributed by atoms with van der Waals surface area (Å²) in [7, 11) is -4.03. The Bertz CT molecular complexity index is 878. The number of rotatable bonds is 9. The maximum Gasteiger partial charge on any atom is 0.452 e. The van der Waals surface area contributed by atoms with Gasteiger partial charge in [0, 0.05) is 5.92 Å². The van der Waals surface area contributed by atoms with Crippen LogP contribution in [0.15, 0.2) is 91.0 Å². The fraction of sp³-hybridized carbons (Fsp3) is 0.269. The van der Waals surface area contributed by atoms with Crippen LogP contribution in [0.25, 0.3) is 0 Å². The van der Waals surface area contributed by atoms with Crippen molar-refractivity contribution < 1.29 is 10.0 Å². The van der Waals surface area contributed by atoms with Crippen molar-refractivity contribution in [1.82, 2.24) is 0 Å². The molecule has 0 radical (unpaired) electrons. The van der Waals surface area contributed by atoms with E-state index in [1.807, 2.05) is 18.2 Å². The van der Waals surface area contributed by atoms with Gasteiger partial charge in [-0.25, -0.2) is 0 Å². The molecule has 31 heavy (non-hydrogen) atoms. The first-order valence-corrected chi connectivity index (χ1v) is 13.0. The summed E-state index contributed by atoms with van der Waals surface area (Å²) in [5.74, 6) is -0.116. The molecule has 0 aliphatic carbocycles. The quantitative estimate of drug-likeness (QED) is 0.407. The highest BCUT2D eigenvalue weighted by Crippen LogP contribution is 2.37. The summed E-state index contributed by atoms with van der Waals surface area (Å²) in [6, 6.07) is 34.4. The van der Waals surface area contributed by atoms with Crippen molar-refractivity contribution in [3.8, 4) is 6.07 Å². The lowest BCUT2D eigenvalue weighted by molar-refractivity contribution is 0.387. The largest absolute Gasteiger partial charge is 0.452 e. The van der Waals surface area contributed by atoms with Gasteiger partial charge in [0.1, 0.15) is 0 Å². The molecule has 158 valence electrons.